The zero-order valence-corrected chi connectivity index (χ0v) is 13.6. The molecule has 1 aromatic carbocycles. The molecule has 1 amide bonds. The van der Waals surface area contributed by atoms with Gasteiger partial charge in [0.1, 0.15) is 6.26 Å². The molecule has 0 aliphatic rings. The Morgan fingerprint density at radius 2 is 2.00 bits per heavy atom. The molecule has 6 heteroatoms. The average molecular weight is 323 g/mol. The molecule has 0 aliphatic carbocycles. The quantitative estimate of drug-likeness (QED) is 0.919. The third kappa shape index (κ3) is 4.58. The van der Waals surface area contributed by atoms with Gasteiger partial charge in [-0.15, -0.1) is 0 Å². The van der Waals surface area contributed by atoms with E-state index in [1.807, 2.05) is 0 Å². The molecular weight excluding hydrogens is 304 g/mol. The van der Waals surface area contributed by atoms with Crippen molar-refractivity contribution in [2.75, 3.05) is 13.6 Å². The van der Waals surface area contributed by atoms with Crippen LogP contribution in [0.5, 0.6) is 0 Å². The van der Waals surface area contributed by atoms with Crippen LogP contribution in [0.4, 0.5) is 0 Å². The Balaban J connectivity index is 2.03. The first-order valence-electron chi connectivity index (χ1n) is 6.91. The fourth-order valence-corrected chi connectivity index (χ4v) is 2.20. The van der Waals surface area contributed by atoms with E-state index in [0.717, 1.165) is 5.56 Å². The van der Waals surface area contributed by atoms with Crippen LogP contribution in [0.25, 0.3) is 11.5 Å². The Morgan fingerprint density at radius 1 is 1.36 bits per heavy atom. The molecule has 0 fully saturated rings. The van der Waals surface area contributed by atoms with E-state index in [1.165, 1.54) is 11.2 Å². The highest BCUT2D eigenvalue weighted by Crippen LogP contribution is 2.21. The third-order valence-corrected chi connectivity index (χ3v) is 3.28. The second-order valence-corrected chi connectivity index (χ2v) is 6.33. The number of aromatic nitrogens is 1. The van der Waals surface area contributed by atoms with E-state index in [9.17, 15) is 9.90 Å². The maximum absolute atomic E-state index is 12.1. The van der Waals surface area contributed by atoms with Crippen LogP contribution >= 0.6 is 11.6 Å². The first-order valence-corrected chi connectivity index (χ1v) is 7.29. The number of benzene rings is 1. The summed E-state index contributed by atoms with van der Waals surface area (Å²) in [7, 11) is 1.65. The monoisotopic (exact) mass is 322 g/mol. The van der Waals surface area contributed by atoms with Crippen molar-refractivity contribution in [1.82, 2.24) is 9.88 Å². The van der Waals surface area contributed by atoms with Gasteiger partial charge < -0.3 is 14.4 Å². The largest absolute Gasteiger partial charge is 0.444 e. The summed E-state index contributed by atoms with van der Waals surface area (Å²) in [6, 6.07) is 7.12. The Morgan fingerprint density at radius 3 is 2.59 bits per heavy atom. The average Bonchev–Trinajstić information content (AvgIpc) is 2.86. The van der Waals surface area contributed by atoms with Crippen LogP contribution in [-0.4, -0.2) is 40.1 Å². The first kappa shape index (κ1) is 16.5. The number of nitrogens with zero attached hydrogens (tertiary/aromatic N) is 2. The van der Waals surface area contributed by atoms with Crippen molar-refractivity contribution in [1.29, 1.82) is 0 Å². The minimum Gasteiger partial charge on any atom is -0.444 e. The van der Waals surface area contributed by atoms with E-state index in [1.54, 1.807) is 45.2 Å². The third-order valence-electron chi connectivity index (χ3n) is 3.03. The molecule has 0 saturated carbocycles. The van der Waals surface area contributed by atoms with E-state index in [-0.39, 0.29) is 18.9 Å². The van der Waals surface area contributed by atoms with Crippen LogP contribution in [0.2, 0.25) is 5.02 Å². The van der Waals surface area contributed by atoms with Gasteiger partial charge >= 0.3 is 0 Å². The molecule has 0 radical (unpaired) electrons. The molecule has 0 atom stereocenters. The molecule has 0 unspecified atom stereocenters. The van der Waals surface area contributed by atoms with Crippen molar-refractivity contribution in [3.05, 3.63) is 41.2 Å². The van der Waals surface area contributed by atoms with Crippen LogP contribution in [-0.2, 0) is 11.2 Å². The van der Waals surface area contributed by atoms with E-state index >= 15 is 0 Å². The number of carbonyl (C=O) groups is 1. The van der Waals surface area contributed by atoms with Crippen LogP contribution < -0.4 is 0 Å². The van der Waals surface area contributed by atoms with Gasteiger partial charge in [0.05, 0.1) is 17.7 Å². The molecule has 0 bridgehead atoms. The van der Waals surface area contributed by atoms with Crippen molar-refractivity contribution in [3.8, 4) is 11.5 Å². The molecule has 0 spiro atoms. The van der Waals surface area contributed by atoms with Crippen molar-refractivity contribution >= 4 is 17.5 Å². The number of likely N-dealkylation sites (N-methyl/N-ethyl adjacent to an activating group) is 1. The summed E-state index contributed by atoms with van der Waals surface area (Å²) in [6.45, 7) is 3.57. The Kier molecular flexibility index (Phi) is 4.88. The topological polar surface area (TPSA) is 66.6 Å². The highest BCUT2D eigenvalue weighted by molar-refractivity contribution is 6.30. The Hall–Kier alpha value is -1.85. The van der Waals surface area contributed by atoms with Crippen LogP contribution in [0.1, 0.15) is 19.5 Å². The molecular formula is C16H19ClN2O3. The van der Waals surface area contributed by atoms with Crippen LogP contribution in [0.15, 0.2) is 34.9 Å². The van der Waals surface area contributed by atoms with Crippen molar-refractivity contribution < 1.29 is 14.3 Å². The summed E-state index contributed by atoms with van der Waals surface area (Å²) in [5, 5.41) is 10.4. The molecule has 22 heavy (non-hydrogen) atoms. The summed E-state index contributed by atoms with van der Waals surface area (Å²) >= 11 is 5.84. The normalized spacial score (nSPS) is 11.5. The van der Waals surface area contributed by atoms with Crippen LogP contribution in [0, 0.1) is 0 Å². The molecule has 2 rings (SSSR count). The van der Waals surface area contributed by atoms with Crippen LogP contribution in [0.3, 0.4) is 0 Å². The van der Waals surface area contributed by atoms with Crippen molar-refractivity contribution in [2.45, 2.75) is 25.9 Å². The number of rotatable bonds is 5. The second-order valence-electron chi connectivity index (χ2n) is 5.89. The lowest BCUT2D eigenvalue weighted by Crippen LogP contribution is -2.40. The molecule has 1 N–H and O–H groups in total. The molecule has 5 nitrogen and oxygen atoms in total. The summed E-state index contributed by atoms with van der Waals surface area (Å²) < 4.78 is 5.40. The van der Waals surface area contributed by atoms with E-state index in [4.69, 9.17) is 16.0 Å². The summed E-state index contributed by atoms with van der Waals surface area (Å²) in [4.78, 5) is 17.9. The summed E-state index contributed by atoms with van der Waals surface area (Å²) in [5.74, 6) is 0.322. The standard InChI is InChI=1S/C16H19ClN2O3/c1-16(2,21)10-19(3)14(20)8-13-9-22-15(18-13)11-4-6-12(17)7-5-11/h4-7,9,21H,8,10H2,1-3H3. The predicted octanol–water partition coefficient (Wildman–Crippen LogP) is 2.77. The smallest absolute Gasteiger partial charge is 0.228 e. The number of oxazole rings is 1. The van der Waals surface area contributed by atoms with Gasteiger partial charge in [-0.25, -0.2) is 4.98 Å². The van der Waals surface area contributed by atoms with Gasteiger partial charge in [0, 0.05) is 24.2 Å². The van der Waals surface area contributed by atoms with E-state index < -0.39 is 5.60 Å². The zero-order chi connectivity index (χ0) is 16.3. The molecule has 0 aliphatic heterocycles. The SMILES string of the molecule is CN(CC(C)(C)O)C(=O)Cc1coc(-c2ccc(Cl)cc2)n1. The van der Waals surface area contributed by atoms with E-state index in [0.29, 0.717) is 16.6 Å². The minimum absolute atomic E-state index is 0.127. The highest BCUT2D eigenvalue weighted by Gasteiger charge is 2.20. The molecule has 0 saturated heterocycles. The maximum atomic E-state index is 12.1. The number of aliphatic hydroxyl groups is 1. The van der Waals surface area contributed by atoms with E-state index in [2.05, 4.69) is 4.98 Å². The number of carbonyl (C=O) groups excluding carboxylic acids is 1. The first-order chi connectivity index (χ1) is 10.2. The fraction of sp³-hybridized carbons (Fsp3) is 0.375. The molecule has 1 aromatic heterocycles. The molecule has 118 valence electrons. The van der Waals surface area contributed by atoms with Crippen molar-refractivity contribution in [3.63, 3.8) is 0 Å². The predicted molar refractivity (Wildman–Crippen MR) is 84.6 cm³/mol. The highest BCUT2D eigenvalue weighted by atomic mass is 35.5. The number of amides is 1. The number of hydrogen-bond donors (Lipinski definition) is 1. The summed E-state index contributed by atoms with van der Waals surface area (Å²) in [5.41, 5.74) is 0.424. The molecule has 1 heterocycles. The fourth-order valence-electron chi connectivity index (χ4n) is 2.07. The van der Waals surface area contributed by atoms with Gasteiger partial charge in [-0.1, -0.05) is 11.6 Å². The Bertz CT molecular complexity index is 644. The van der Waals surface area contributed by atoms with Gasteiger partial charge in [0.15, 0.2) is 0 Å². The van der Waals surface area contributed by atoms with Gasteiger partial charge in [0.25, 0.3) is 0 Å². The lowest BCUT2D eigenvalue weighted by Gasteiger charge is -2.25. The van der Waals surface area contributed by atoms with Gasteiger partial charge in [0.2, 0.25) is 11.8 Å². The van der Waals surface area contributed by atoms with Gasteiger partial charge in [-0.3, -0.25) is 4.79 Å². The number of hydrogen-bond acceptors (Lipinski definition) is 4. The minimum atomic E-state index is -0.928. The number of halogens is 1. The maximum Gasteiger partial charge on any atom is 0.228 e. The summed E-state index contributed by atoms with van der Waals surface area (Å²) in [6.07, 6.45) is 1.60. The van der Waals surface area contributed by atoms with Crippen molar-refractivity contribution in [2.24, 2.45) is 0 Å². The van der Waals surface area contributed by atoms with Gasteiger partial charge in [-0.2, -0.15) is 0 Å². The lowest BCUT2D eigenvalue weighted by atomic mass is 10.1. The second kappa shape index (κ2) is 6.50. The lowest BCUT2D eigenvalue weighted by molar-refractivity contribution is -0.131. The zero-order valence-electron chi connectivity index (χ0n) is 12.8. The molecule has 2 aromatic rings. The Labute approximate surface area is 134 Å². The van der Waals surface area contributed by atoms with Gasteiger partial charge in [-0.05, 0) is 38.1 Å².